The van der Waals surface area contributed by atoms with Crippen molar-refractivity contribution >= 4 is 17.0 Å². The Morgan fingerprint density at radius 3 is 2.52 bits per heavy atom. The van der Waals surface area contributed by atoms with Gasteiger partial charge in [0.2, 0.25) is 5.95 Å². The van der Waals surface area contributed by atoms with Gasteiger partial charge in [-0.3, -0.25) is 14.5 Å². The molecule has 4 rings (SSSR count). The second-order valence-corrected chi connectivity index (χ2v) is 9.63. The third kappa shape index (κ3) is 4.40. The van der Waals surface area contributed by atoms with Crippen LogP contribution in [0.5, 0.6) is 0 Å². The molecule has 0 amide bonds. The quantitative estimate of drug-likeness (QED) is 0.464. The first-order chi connectivity index (χ1) is 15.7. The van der Waals surface area contributed by atoms with E-state index in [-0.39, 0.29) is 17.1 Å². The van der Waals surface area contributed by atoms with Gasteiger partial charge in [0.05, 0.1) is 5.69 Å². The fourth-order valence-corrected chi connectivity index (χ4v) is 4.02. The Labute approximate surface area is 193 Å². The molecule has 9 nitrogen and oxygen atoms in total. The molecule has 0 aliphatic carbocycles. The number of rotatable bonds is 7. The van der Waals surface area contributed by atoms with E-state index in [1.54, 1.807) is 22.7 Å². The van der Waals surface area contributed by atoms with Gasteiger partial charge in [-0.05, 0) is 11.5 Å². The molecular formula is C24H32N8O. The summed E-state index contributed by atoms with van der Waals surface area (Å²) in [5, 5.41) is 9.09. The summed E-state index contributed by atoms with van der Waals surface area (Å²) in [6, 6.07) is 10.1. The van der Waals surface area contributed by atoms with E-state index in [0.29, 0.717) is 29.4 Å². The largest absolute Gasteiger partial charge is 0.316 e. The normalized spacial score (nSPS) is 13.9. The molecule has 33 heavy (non-hydrogen) atoms. The molecule has 2 unspecified atom stereocenters. The minimum absolute atomic E-state index is 0.208. The summed E-state index contributed by atoms with van der Waals surface area (Å²) in [7, 11) is 1.78. The monoisotopic (exact) mass is 448 g/mol. The molecule has 0 aliphatic rings. The molecule has 0 fully saturated rings. The van der Waals surface area contributed by atoms with Gasteiger partial charge in [0.15, 0.2) is 11.7 Å². The summed E-state index contributed by atoms with van der Waals surface area (Å²) in [6.45, 7) is 11.3. The second kappa shape index (κ2) is 8.80. The van der Waals surface area contributed by atoms with E-state index in [9.17, 15) is 4.79 Å². The van der Waals surface area contributed by atoms with Gasteiger partial charge in [-0.1, -0.05) is 71.4 Å². The Morgan fingerprint density at radius 1 is 1.18 bits per heavy atom. The van der Waals surface area contributed by atoms with E-state index in [0.717, 1.165) is 17.7 Å². The van der Waals surface area contributed by atoms with Crippen LogP contribution in [0.1, 0.15) is 58.5 Å². The minimum atomic E-state index is -0.321. The summed E-state index contributed by atoms with van der Waals surface area (Å²) in [5.74, 6) is 0.854. The number of nitrogens with one attached hydrogen (secondary N) is 1. The van der Waals surface area contributed by atoms with Gasteiger partial charge in [-0.25, -0.2) is 14.6 Å². The van der Waals surface area contributed by atoms with E-state index in [2.05, 4.69) is 71.8 Å². The highest BCUT2D eigenvalue weighted by atomic mass is 16.1. The highest BCUT2D eigenvalue weighted by Crippen LogP contribution is 2.30. The smallest absolute Gasteiger partial charge is 0.278 e. The molecule has 9 heteroatoms. The second-order valence-electron chi connectivity index (χ2n) is 9.63. The van der Waals surface area contributed by atoms with E-state index >= 15 is 0 Å². The van der Waals surface area contributed by atoms with Gasteiger partial charge >= 0.3 is 0 Å². The number of anilines is 1. The predicted octanol–water partition coefficient (Wildman–Crippen LogP) is 3.65. The molecule has 2 atom stereocenters. The third-order valence-electron chi connectivity index (χ3n) is 5.95. The van der Waals surface area contributed by atoms with Crippen molar-refractivity contribution in [2.45, 2.75) is 52.6 Å². The Morgan fingerprint density at radius 2 is 1.91 bits per heavy atom. The Kier molecular flexibility index (Phi) is 6.05. The number of nitrogens with zero attached hydrogens (tertiary/aromatic N) is 7. The number of fused-ring (bicyclic) bond motifs is 1. The maximum atomic E-state index is 13.2. The van der Waals surface area contributed by atoms with Crippen LogP contribution in [0.2, 0.25) is 0 Å². The lowest BCUT2D eigenvalue weighted by atomic mass is 9.91. The van der Waals surface area contributed by atoms with Crippen LogP contribution in [0.3, 0.4) is 0 Å². The van der Waals surface area contributed by atoms with Crippen molar-refractivity contribution in [3.63, 3.8) is 0 Å². The Balaban J connectivity index is 1.96. The van der Waals surface area contributed by atoms with Gasteiger partial charge in [0.25, 0.3) is 5.56 Å². The van der Waals surface area contributed by atoms with Crippen molar-refractivity contribution in [2.24, 2.45) is 13.0 Å². The van der Waals surface area contributed by atoms with Crippen LogP contribution in [0, 0.1) is 5.92 Å². The van der Waals surface area contributed by atoms with Crippen LogP contribution in [-0.2, 0) is 12.5 Å². The number of benzene rings is 1. The van der Waals surface area contributed by atoms with Crippen LogP contribution >= 0.6 is 0 Å². The molecule has 3 aromatic heterocycles. The van der Waals surface area contributed by atoms with E-state index < -0.39 is 0 Å². The number of hydrogen-bond donors (Lipinski definition) is 1. The van der Waals surface area contributed by atoms with Crippen LogP contribution < -0.4 is 10.5 Å². The Bertz CT molecular complexity index is 1270. The lowest BCUT2D eigenvalue weighted by Crippen LogP contribution is -2.39. The maximum absolute atomic E-state index is 13.2. The molecule has 174 valence electrons. The fourth-order valence-electron chi connectivity index (χ4n) is 4.02. The zero-order valence-electron chi connectivity index (χ0n) is 20.1. The van der Waals surface area contributed by atoms with Crippen molar-refractivity contribution in [3.05, 3.63) is 64.6 Å². The predicted molar refractivity (Wildman–Crippen MR) is 129 cm³/mol. The standard InChI is InChI=1S/C24H32N8O/c1-7-16(2)13-31(22(32-15-25-14-26-32)17-11-9-8-10-12-17)23-27-18-19(21(33)28-23)30(6)29-20(18)24(3,4)5/h8-12,14-16,22H,7,13H2,1-6H3,(H,27,28,33). The summed E-state index contributed by atoms with van der Waals surface area (Å²) in [4.78, 5) is 27.6. The van der Waals surface area contributed by atoms with Gasteiger partial charge in [0, 0.05) is 19.0 Å². The molecule has 0 bridgehead atoms. The topological polar surface area (TPSA) is 97.5 Å². The zero-order valence-corrected chi connectivity index (χ0v) is 20.1. The number of aryl methyl sites for hydroxylation is 1. The fraction of sp³-hybridized carbons (Fsp3) is 0.458. The SMILES string of the molecule is CCC(C)CN(c1nc2c(C(C)(C)C)nn(C)c2c(=O)[nH]1)C(c1ccccc1)n1cncn1. The maximum Gasteiger partial charge on any atom is 0.278 e. The molecule has 0 aliphatic heterocycles. The Hall–Kier alpha value is -3.49. The molecular weight excluding hydrogens is 416 g/mol. The van der Waals surface area contributed by atoms with E-state index in [1.807, 2.05) is 18.2 Å². The number of aromatic amines is 1. The zero-order chi connectivity index (χ0) is 23.8. The first kappa shape index (κ1) is 22.7. The molecule has 0 spiro atoms. The van der Waals surface area contributed by atoms with Crippen molar-refractivity contribution in [1.29, 1.82) is 0 Å². The average molecular weight is 449 g/mol. The van der Waals surface area contributed by atoms with Gasteiger partial charge in [-0.2, -0.15) is 10.2 Å². The number of aromatic nitrogens is 7. The molecule has 0 saturated heterocycles. The van der Waals surface area contributed by atoms with Crippen molar-refractivity contribution in [3.8, 4) is 0 Å². The van der Waals surface area contributed by atoms with Crippen LogP contribution in [0.15, 0.2) is 47.8 Å². The molecule has 0 radical (unpaired) electrons. The summed E-state index contributed by atoms with van der Waals surface area (Å²) in [6.07, 6.45) is 3.89. The van der Waals surface area contributed by atoms with Gasteiger partial charge < -0.3 is 4.90 Å². The third-order valence-corrected chi connectivity index (χ3v) is 5.95. The highest BCUT2D eigenvalue weighted by Gasteiger charge is 2.30. The van der Waals surface area contributed by atoms with E-state index in [4.69, 9.17) is 4.98 Å². The molecule has 1 aromatic carbocycles. The lowest BCUT2D eigenvalue weighted by Gasteiger charge is -2.34. The van der Waals surface area contributed by atoms with Crippen molar-refractivity contribution in [1.82, 2.24) is 34.5 Å². The number of hydrogen-bond acceptors (Lipinski definition) is 6. The molecule has 1 N–H and O–H groups in total. The van der Waals surface area contributed by atoms with Gasteiger partial charge in [0.1, 0.15) is 18.2 Å². The van der Waals surface area contributed by atoms with Crippen molar-refractivity contribution in [2.75, 3.05) is 11.4 Å². The lowest BCUT2D eigenvalue weighted by molar-refractivity contribution is 0.435. The van der Waals surface area contributed by atoms with Crippen molar-refractivity contribution < 1.29 is 0 Å². The molecule has 0 saturated carbocycles. The van der Waals surface area contributed by atoms with Crippen LogP contribution in [0.25, 0.3) is 11.0 Å². The van der Waals surface area contributed by atoms with Crippen LogP contribution in [-0.4, -0.2) is 41.1 Å². The van der Waals surface area contributed by atoms with E-state index in [1.165, 1.54) is 6.33 Å². The summed E-state index contributed by atoms with van der Waals surface area (Å²) in [5.41, 5.74) is 2.46. The summed E-state index contributed by atoms with van der Waals surface area (Å²) >= 11 is 0. The first-order valence-electron chi connectivity index (χ1n) is 11.3. The minimum Gasteiger partial charge on any atom is -0.316 e. The highest BCUT2D eigenvalue weighted by molar-refractivity contribution is 5.79. The summed E-state index contributed by atoms with van der Waals surface area (Å²) < 4.78 is 3.42. The van der Waals surface area contributed by atoms with Gasteiger partial charge in [-0.15, -0.1) is 0 Å². The molecule has 3 heterocycles. The van der Waals surface area contributed by atoms with Crippen LogP contribution in [0.4, 0.5) is 5.95 Å². The molecule has 4 aromatic rings. The number of H-pyrrole nitrogens is 1. The first-order valence-corrected chi connectivity index (χ1v) is 11.3. The average Bonchev–Trinajstić information content (AvgIpc) is 3.42.